The summed E-state index contributed by atoms with van der Waals surface area (Å²) in [7, 11) is 1.62. The Balaban J connectivity index is 1.10. The Kier molecular flexibility index (Phi) is 9.35. The molecule has 0 aliphatic carbocycles. The lowest BCUT2D eigenvalue weighted by molar-refractivity contribution is 0.0357. The second-order valence-corrected chi connectivity index (χ2v) is 10.4. The molecule has 0 spiro atoms. The molecule has 9 nitrogen and oxygen atoms in total. The molecule has 3 aromatic heterocycles. The van der Waals surface area contributed by atoms with Crippen molar-refractivity contribution in [3.05, 3.63) is 103 Å². The minimum Gasteiger partial charge on any atom is -0.493 e. The molecule has 0 amide bonds. The summed E-state index contributed by atoms with van der Waals surface area (Å²) in [5, 5.41) is 0.786. The van der Waals surface area contributed by atoms with Crippen LogP contribution < -0.4 is 14.2 Å². The molecule has 6 rings (SSSR count). The number of fused-ring (bicyclic) bond motifs is 1. The number of hydrogen-bond acceptors (Lipinski definition) is 9. The lowest BCUT2D eigenvalue weighted by atomic mass is 10.1. The van der Waals surface area contributed by atoms with E-state index in [9.17, 15) is 4.79 Å². The van der Waals surface area contributed by atoms with Crippen LogP contribution in [-0.2, 0) is 11.2 Å². The molecular weight excluding hydrogens is 556 g/mol. The zero-order valence-electron chi connectivity index (χ0n) is 24.6. The Morgan fingerprint density at radius 1 is 0.909 bits per heavy atom. The summed E-state index contributed by atoms with van der Waals surface area (Å²) < 4.78 is 23.3. The summed E-state index contributed by atoms with van der Waals surface area (Å²) in [5.74, 6) is 2.31. The molecule has 5 aromatic rings. The van der Waals surface area contributed by atoms with Gasteiger partial charge in [0.25, 0.3) is 0 Å². The van der Waals surface area contributed by atoms with Gasteiger partial charge in [0.2, 0.25) is 0 Å². The van der Waals surface area contributed by atoms with Crippen LogP contribution >= 0.6 is 0 Å². The quantitative estimate of drug-likeness (QED) is 0.128. The number of pyridine rings is 3. The Morgan fingerprint density at radius 3 is 2.57 bits per heavy atom. The first-order valence-corrected chi connectivity index (χ1v) is 14.7. The van der Waals surface area contributed by atoms with E-state index >= 15 is 0 Å². The van der Waals surface area contributed by atoms with E-state index in [4.69, 9.17) is 18.9 Å². The van der Waals surface area contributed by atoms with Crippen LogP contribution in [0.25, 0.3) is 22.2 Å². The molecule has 0 saturated carbocycles. The summed E-state index contributed by atoms with van der Waals surface area (Å²) in [6, 6.07) is 24.4. The molecule has 4 heterocycles. The number of ketones is 1. The number of Topliss-reactive ketones (excluding diaryl/α,β-unsaturated/α-hetero) is 1. The van der Waals surface area contributed by atoms with Crippen molar-refractivity contribution in [3.63, 3.8) is 0 Å². The standard InChI is InChI=1S/C35H34N4O5/c1-41-34-22-28-31(23-35(34)43-18-6-15-39-16-19-42-20-17-39)36-14-13-33(28)44-27-12-11-26(37-24-27)21-32(40)30-10-5-9-29(38-30)25-7-3-2-4-8-25/h2-5,7-14,22-24H,6,15-21H2,1H3. The summed E-state index contributed by atoms with van der Waals surface area (Å²) >= 11 is 0. The van der Waals surface area contributed by atoms with Crippen molar-refractivity contribution in [2.45, 2.75) is 12.8 Å². The van der Waals surface area contributed by atoms with Crippen molar-refractivity contribution in [1.29, 1.82) is 0 Å². The first-order chi connectivity index (χ1) is 21.7. The van der Waals surface area contributed by atoms with Gasteiger partial charge in [-0.2, -0.15) is 0 Å². The van der Waals surface area contributed by atoms with E-state index in [1.807, 2.05) is 54.6 Å². The average molecular weight is 591 g/mol. The predicted octanol–water partition coefficient (Wildman–Crippen LogP) is 6.02. The summed E-state index contributed by atoms with van der Waals surface area (Å²) in [5.41, 5.74) is 3.49. The van der Waals surface area contributed by atoms with E-state index in [1.165, 1.54) is 0 Å². The van der Waals surface area contributed by atoms with Crippen molar-refractivity contribution in [2.24, 2.45) is 0 Å². The third-order valence-corrected chi connectivity index (χ3v) is 7.44. The molecule has 2 aromatic carbocycles. The van der Waals surface area contributed by atoms with Crippen LogP contribution in [0.15, 0.2) is 91.3 Å². The van der Waals surface area contributed by atoms with E-state index in [0.29, 0.717) is 41.0 Å². The maximum atomic E-state index is 13.0. The summed E-state index contributed by atoms with van der Waals surface area (Å²) in [6.45, 7) is 5.04. The van der Waals surface area contributed by atoms with E-state index in [2.05, 4.69) is 19.9 Å². The summed E-state index contributed by atoms with van der Waals surface area (Å²) in [4.78, 5) is 29.0. The van der Waals surface area contributed by atoms with Gasteiger partial charge in [-0.1, -0.05) is 36.4 Å². The highest BCUT2D eigenvalue weighted by Gasteiger charge is 2.15. The maximum absolute atomic E-state index is 13.0. The van der Waals surface area contributed by atoms with Gasteiger partial charge in [-0.25, -0.2) is 4.98 Å². The lowest BCUT2D eigenvalue weighted by Gasteiger charge is -2.26. The normalized spacial score (nSPS) is 13.5. The fourth-order valence-electron chi connectivity index (χ4n) is 5.10. The second-order valence-electron chi connectivity index (χ2n) is 10.4. The molecule has 0 radical (unpaired) electrons. The highest BCUT2D eigenvalue weighted by Crippen LogP contribution is 2.37. The van der Waals surface area contributed by atoms with Crippen LogP contribution in [0, 0.1) is 0 Å². The van der Waals surface area contributed by atoms with Gasteiger partial charge < -0.3 is 18.9 Å². The molecule has 1 aliphatic rings. The highest BCUT2D eigenvalue weighted by molar-refractivity contribution is 5.96. The number of nitrogens with zero attached hydrogens (tertiary/aromatic N) is 4. The Morgan fingerprint density at radius 2 is 1.77 bits per heavy atom. The third kappa shape index (κ3) is 7.19. The van der Waals surface area contributed by atoms with Crippen LogP contribution in [0.5, 0.6) is 23.0 Å². The monoisotopic (exact) mass is 590 g/mol. The first kappa shape index (κ1) is 29.2. The number of benzene rings is 2. The van der Waals surface area contributed by atoms with E-state index in [1.54, 1.807) is 43.8 Å². The van der Waals surface area contributed by atoms with Gasteiger partial charge in [-0.15, -0.1) is 0 Å². The van der Waals surface area contributed by atoms with Crippen molar-refractivity contribution >= 4 is 16.7 Å². The number of morpholine rings is 1. The van der Waals surface area contributed by atoms with Gasteiger partial charge in [0, 0.05) is 48.5 Å². The largest absolute Gasteiger partial charge is 0.493 e. The summed E-state index contributed by atoms with van der Waals surface area (Å²) in [6.07, 6.45) is 4.36. The molecule has 224 valence electrons. The molecule has 44 heavy (non-hydrogen) atoms. The average Bonchev–Trinajstić information content (AvgIpc) is 3.08. The fourth-order valence-corrected chi connectivity index (χ4v) is 5.10. The van der Waals surface area contributed by atoms with Gasteiger partial charge in [0.1, 0.15) is 17.2 Å². The zero-order chi connectivity index (χ0) is 30.1. The smallest absolute Gasteiger partial charge is 0.187 e. The van der Waals surface area contributed by atoms with Crippen LogP contribution in [-0.4, -0.2) is 72.2 Å². The minimum absolute atomic E-state index is 0.102. The van der Waals surface area contributed by atoms with Crippen molar-refractivity contribution in [1.82, 2.24) is 19.9 Å². The van der Waals surface area contributed by atoms with E-state index < -0.39 is 0 Å². The van der Waals surface area contributed by atoms with Crippen LogP contribution in [0.1, 0.15) is 22.6 Å². The number of hydrogen-bond donors (Lipinski definition) is 0. The SMILES string of the molecule is COc1cc2c(Oc3ccc(CC(=O)c4cccc(-c5ccccc5)n4)nc3)ccnc2cc1OCCCN1CCOCC1. The number of carbonyl (C=O) groups excluding carboxylic acids is 1. The Hall–Kier alpha value is -4.86. The Labute approximate surface area is 256 Å². The zero-order valence-corrected chi connectivity index (χ0v) is 24.6. The minimum atomic E-state index is -0.102. The highest BCUT2D eigenvalue weighted by atomic mass is 16.5. The van der Waals surface area contributed by atoms with Crippen molar-refractivity contribution in [3.8, 4) is 34.3 Å². The molecule has 1 saturated heterocycles. The first-order valence-electron chi connectivity index (χ1n) is 14.7. The molecule has 1 fully saturated rings. The Bertz CT molecular complexity index is 1710. The number of carbonyl (C=O) groups is 1. The molecule has 0 atom stereocenters. The van der Waals surface area contributed by atoms with Gasteiger partial charge in [0.05, 0.1) is 50.8 Å². The van der Waals surface area contributed by atoms with Gasteiger partial charge >= 0.3 is 0 Å². The number of ether oxygens (including phenoxy) is 4. The third-order valence-electron chi connectivity index (χ3n) is 7.44. The molecule has 9 heteroatoms. The van der Waals surface area contributed by atoms with Gasteiger partial charge in [-0.05, 0) is 42.8 Å². The maximum Gasteiger partial charge on any atom is 0.187 e. The molecule has 0 N–H and O–H groups in total. The van der Waals surface area contributed by atoms with Crippen LogP contribution in [0.2, 0.25) is 0 Å². The second kappa shape index (κ2) is 14.1. The fraction of sp³-hybridized carbons (Fsp3) is 0.257. The van der Waals surface area contributed by atoms with E-state index in [-0.39, 0.29) is 12.2 Å². The predicted molar refractivity (Wildman–Crippen MR) is 168 cm³/mol. The molecular formula is C35H34N4O5. The molecule has 0 bridgehead atoms. The van der Waals surface area contributed by atoms with Crippen LogP contribution in [0.3, 0.4) is 0 Å². The number of aromatic nitrogens is 3. The molecule has 0 unspecified atom stereocenters. The van der Waals surface area contributed by atoms with Crippen molar-refractivity contribution in [2.75, 3.05) is 46.6 Å². The van der Waals surface area contributed by atoms with E-state index in [0.717, 1.165) is 61.4 Å². The van der Waals surface area contributed by atoms with Crippen molar-refractivity contribution < 1.29 is 23.7 Å². The lowest BCUT2D eigenvalue weighted by Crippen LogP contribution is -2.37. The number of methoxy groups -OCH3 is 1. The van der Waals surface area contributed by atoms with Gasteiger partial charge in [-0.3, -0.25) is 19.7 Å². The van der Waals surface area contributed by atoms with Crippen LogP contribution in [0.4, 0.5) is 0 Å². The number of rotatable bonds is 12. The topological polar surface area (TPSA) is 95.9 Å². The van der Waals surface area contributed by atoms with Gasteiger partial charge in [0.15, 0.2) is 17.3 Å². The molecule has 1 aliphatic heterocycles.